The van der Waals surface area contributed by atoms with Gasteiger partial charge < -0.3 is 10.6 Å². The smallest absolute Gasteiger partial charge is 0.252 e. The number of rotatable bonds is 3. The first-order valence-electron chi connectivity index (χ1n) is 7.98. The van der Waals surface area contributed by atoms with E-state index < -0.39 is 10.0 Å². The fourth-order valence-corrected chi connectivity index (χ4v) is 6.51. The van der Waals surface area contributed by atoms with Crippen LogP contribution in [0.5, 0.6) is 0 Å². The van der Waals surface area contributed by atoms with Crippen LogP contribution < -0.4 is 10.6 Å². The number of benzene rings is 1. The van der Waals surface area contributed by atoms with E-state index >= 15 is 0 Å². The molecule has 27 heavy (non-hydrogen) atoms. The van der Waals surface area contributed by atoms with Gasteiger partial charge in [-0.3, -0.25) is 0 Å². The molecule has 3 heterocycles. The first kappa shape index (κ1) is 20.3. The molecule has 2 aromatic heterocycles. The van der Waals surface area contributed by atoms with Crippen LogP contribution in [0.25, 0.3) is 10.9 Å². The number of para-hydroxylation sites is 1. The van der Waals surface area contributed by atoms with E-state index in [0.717, 1.165) is 14.7 Å². The first-order valence-corrected chi connectivity index (χ1v) is 11.0. The maximum atomic E-state index is 12.7. The highest BCUT2D eigenvalue weighted by Gasteiger charge is 2.30. The zero-order valence-electron chi connectivity index (χ0n) is 14.1. The van der Waals surface area contributed by atoms with Crippen LogP contribution in [0.1, 0.15) is 0 Å². The van der Waals surface area contributed by atoms with Crippen molar-refractivity contribution in [2.24, 2.45) is 0 Å². The maximum Gasteiger partial charge on any atom is 0.252 e. The Labute approximate surface area is 175 Å². The maximum absolute atomic E-state index is 12.7. The molecule has 11 heteroatoms. The number of thiophene rings is 1. The quantitative estimate of drug-likeness (QED) is 0.607. The summed E-state index contributed by atoms with van der Waals surface area (Å²) in [5.74, 6) is 0.973. The summed E-state index contributed by atoms with van der Waals surface area (Å²) < 4.78 is 28.1. The van der Waals surface area contributed by atoms with Crippen LogP contribution in [0.2, 0.25) is 0 Å². The van der Waals surface area contributed by atoms with Gasteiger partial charge in [-0.1, -0.05) is 12.1 Å². The normalized spacial score (nSPS) is 15.7. The summed E-state index contributed by atoms with van der Waals surface area (Å²) in [5, 5.41) is 0.820. The van der Waals surface area contributed by atoms with Crippen molar-refractivity contribution < 1.29 is 8.42 Å². The van der Waals surface area contributed by atoms with Crippen molar-refractivity contribution in [1.82, 2.24) is 14.3 Å². The van der Waals surface area contributed by atoms with Gasteiger partial charge in [0.05, 0.1) is 9.30 Å². The van der Waals surface area contributed by atoms with Gasteiger partial charge in [0, 0.05) is 31.6 Å². The molecule has 0 atom stereocenters. The van der Waals surface area contributed by atoms with Crippen LogP contribution in [0, 0.1) is 0 Å². The lowest BCUT2D eigenvalue weighted by Gasteiger charge is -2.33. The number of nitrogens with two attached hydrogens (primary N) is 1. The minimum Gasteiger partial charge on any atom is -0.383 e. The molecule has 0 bridgehead atoms. The van der Waals surface area contributed by atoms with Gasteiger partial charge in [-0.15, -0.1) is 23.7 Å². The van der Waals surface area contributed by atoms with Crippen molar-refractivity contribution in [2.45, 2.75) is 4.21 Å². The van der Waals surface area contributed by atoms with Gasteiger partial charge in [-0.2, -0.15) is 9.29 Å². The number of halogens is 2. The minimum atomic E-state index is -3.46. The third-order valence-electron chi connectivity index (χ3n) is 4.29. The molecule has 0 amide bonds. The van der Waals surface area contributed by atoms with Gasteiger partial charge in [-0.25, -0.2) is 13.4 Å². The van der Waals surface area contributed by atoms with Crippen molar-refractivity contribution in [3.8, 4) is 0 Å². The molecule has 3 aromatic rings. The lowest BCUT2D eigenvalue weighted by atomic mass is 10.2. The van der Waals surface area contributed by atoms with Gasteiger partial charge in [0.25, 0.3) is 10.0 Å². The predicted octanol–water partition coefficient (Wildman–Crippen LogP) is 2.97. The van der Waals surface area contributed by atoms with Crippen molar-refractivity contribution in [2.75, 3.05) is 36.8 Å². The van der Waals surface area contributed by atoms with E-state index in [9.17, 15) is 8.42 Å². The molecule has 0 radical (unpaired) electrons. The number of hydrogen-bond donors (Lipinski definition) is 1. The molecule has 1 aromatic carbocycles. The fraction of sp³-hybridized carbons (Fsp3) is 0.250. The van der Waals surface area contributed by atoms with Crippen molar-refractivity contribution in [1.29, 1.82) is 0 Å². The number of aromatic nitrogens is 2. The molecule has 2 N–H and O–H groups in total. The zero-order valence-corrected chi connectivity index (χ0v) is 18.1. The average molecular weight is 491 g/mol. The number of piperazine rings is 1. The van der Waals surface area contributed by atoms with E-state index in [0.29, 0.717) is 42.2 Å². The first-order chi connectivity index (χ1) is 12.4. The molecule has 1 aliphatic rings. The van der Waals surface area contributed by atoms with E-state index in [1.54, 1.807) is 12.1 Å². The summed E-state index contributed by atoms with van der Waals surface area (Å²) >= 11 is 4.54. The number of anilines is 2. The second-order valence-electron chi connectivity index (χ2n) is 5.88. The molecule has 0 spiro atoms. The second-order valence-corrected chi connectivity index (χ2v) is 10.5. The van der Waals surface area contributed by atoms with Gasteiger partial charge in [0.1, 0.15) is 10.0 Å². The molecular weight excluding hydrogens is 474 g/mol. The van der Waals surface area contributed by atoms with Gasteiger partial charge >= 0.3 is 0 Å². The molecule has 0 saturated carbocycles. The zero-order chi connectivity index (χ0) is 18.3. The highest BCUT2D eigenvalue weighted by atomic mass is 79.9. The fourth-order valence-electron chi connectivity index (χ4n) is 2.92. The average Bonchev–Trinajstić information content (AvgIpc) is 3.09. The lowest BCUT2D eigenvalue weighted by Crippen LogP contribution is -2.49. The van der Waals surface area contributed by atoms with Crippen molar-refractivity contribution >= 4 is 72.4 Å². The summed E-state index contributed by atoms with van der Waals surface area (Å²) in [5.41, 5.74) is 6.84. The summed E-state index contributed by atoms with van der Waals surface area (Å²) in [6, 6.07) is 11.0. The Hall–Kier alpha value is -1.46. The molecule has 144 valence electrons. The van der Waals surface area contributed by atoms with Gasteiger partial charge in [0.15, 0.2) is 0 Å². The van der Waals surface area contributed by atoms with E-state index in [-0.39, 0.29) is 12.4 Å². The monoisotopic (exact) mass is 489 g/mol. The van der Waals surface area contributed by atoms with Gasteiger partial charge in [0.2, 0.25) is 5.95 Å². The molecule has 1 aliphatic heterocycles. The summed E-state index contributed by atoms with van der Waals surface area (Å²) in [4.78, 5) is 10.9. The van der Waals surface area contributed by atoms with E-state index in [2.05, 4.69) is 25.9 Å². The van der Waals surface area contributed by atoms with E-state index in [1.807, 2.05) is 29.2 Å². The van der Waals surface area contributed by atoms with Crippen LogP contribution in [0.3, 0.4) is 0 Å². The number of fused-ring (bicyclic) bond motifs is 1. The van der Waals surface area contributed by atoms with Crippen LogP contribution in [0.4, 0.5) is 11.8 Å². The molecule has 0 unspecified atom stereocenters. The Morgan fingerprint density at radius 3 is 2.41 bits per heavy atom. The standard InChI is InChI=1S/C16H16BrN5O2S2.ClH/c17-13-5-6-14(25-13)26(23,24)22-9-7-21(8-10-22)16-19-12-4-2-1-3-11(12)15(18)20-16;/h1-6H,7-10H2,(H2,18,19,20);1H. The van der Waals surface area contributed by atoms with Crippen molar-refractivity contribution in [3.63, 3.8) is 0 Å². The topological polar surface area (TPSA) is 92.4 Å². The van der Waals surface area contributed by atoms with Crippen LogP contribution in [-0.4, -0.2) is 48.9 Å². The highest BCUT2D eigenvalue weighted by molar-refractivity contribution is 9.11. The van der Waals surface area contributed by atoms with Gasteiger partial charge in [-0.05, 0) is 40.2 Å². The Morgan fingerprint density at radius 1 is 1.04 bits per heavy atom. The number of sulfonamides is 1. The molecule has 7 nitrogen and oxygen atoms in total. The summed E-state index contributed by atoms with van der Waals surface area (Å²) in [6.45, 7) is 1.80. The Bertz CT molecular complexity index is 1070. The van der Waals surface area contributed by atoms with Crippen LogP contribution >= 0.6 is 39.7 Å². The third kappa shape index (κ3) is 3.90. The number of nitrogen functional groups attached to an aromatic ring is 1. The number of nitrogens with zero attached hydrogens (tertiary/aromatic N) is 4. The molecular formula is C16H17BrClN5O2S2. The van der Waals surface area contributed by atoms with Crippen molar-refractivity contribution in [3.05, 3.63) is 40.2 Å². The molecule has 1 saturated heterocycles. The molecule has 4 rings (SSSR count). The molecule has 1 fully saturated rings. The minimum absolute atomic E-state index is 0. The van der Waals surface area contributed by atoms with E-state index in [4.69, 9.17) is 5.73 Å². The predicted molar refractivity (Wildman–Crippen MR) is 114 cm³/mol. The number of hydrogen-bond acceptors (Lipinski definition) is 7. The third-order valence-corrected chi connectivity index (χ3v) is 8.27. The van der Waals surface area contributed by atoms with Crippen LogP contribution in [0.15, 0.2) is 44.4 Å². The Morgan fingerprint density at radius 2 is 1.74 bits per heavy atom. The summed E-state index contributed by atoms with van der Waals surface area (Å²) in [6.07, 6.45) is 0. The largest absolute Gasteiger partial charge is 0.383 e. The van der Waals surface area contributed by atoms with E-state index in [1.165, 1.54) is 15.6 Å². The lowest BCUT2D eigenvalue weighted by molar-refractivity contribution is 0.383. The Kier molecular flexibility index (Phi) is 5.92. The van der Waals surface area contributed by atoms with Crippen LogP contribution in [-0.2, 0) is 10.0 Å². The summed E-state index contributed by atoms with van der Waals surface area (Å²) in [7, 11) is -3.46. The Balaban J connectivity index is 0.00000210. The highest BCUT2D eigenvalue weighted by Crippen LogP contribution is 2.29. The second kappa shape index (κ2) is 7.88. The SMILES string of the molecule is Cl.Nc1nc(N2CCN(S(=O)(=O)c3ccc(Br)s3)CC2)nc2ccccc12. The molecule has 0 aliphatic carbocycles.